The first-order chi connectivity index (χ1) is 12.7. The molecule has 3 N–H and O–H groups in total. The Balaban J connectivity index is 1.35. The molecule has 128 valence electrons. The molecule has 3 aromatic heterocycles. The van der Waals surface area contributed by atoms with Crippen molar-refractivity contribution in [2.75, 3.05) is 6.54 Å². The van der Waals surface area contributed by atoms with Gasteiger partial charge in [0.1, 0.15) is 11.0 Å². The average molecular weight is 366 g/mol. The minimum atomic E-state index is -0.301. The maximum absolute atomic E-state index is 12.2. The van der Waals surface area contributed by atoms with Gasteiger partial charge in [-0.15, -0.1) is 5.10 Å². The first kappa shape index (κ1) is 16.1. The van der Waals surface area contributed by atoms with E-state index in [4.69, 9.17) is 11.6 Å². The number of amides is 1. The molecule has 0 unspecified atom stereocenters. The molecule has 0 aliphatic carbocycles. The Labute approximate surface area is 152 Å². The number of benzene rings is 1. The Bertz CT molecular complexity index is 1170. The van der Waals surface area contributed by atoms with Gasteiger partial charge in [-0.1, -0.05) is 29.5 Å². The third-order valence-corrected chi connectivity index (χ3v) is 3.93. The normalized spacial score (nSPS) is 10.7. The minimum Gasteiger partial charge on any atom is -0.348 e. The third-order valence-electron chi connectivity index (χ3n) is 3.62. The van der Waals surface area contributed by atoms with Crippen LogP contribution in [0.3, 0.4) is 0 Å². The van der Waals surface area contributed by atoms with Crippen molar-refractivity contribution in [3.63, 3.8) is 0 Å². The highest BCUT2D eigenvalue weighted by Crippen LogP contribution is 2.20. The number of carbonyl (C=O) groups is 1. The van der Waals surface area contributed by atoms with Gasteiger partial charge in [0.15, 0.2) is 5.82 Å². The van der Waals surface area contributed by atoms with Gasteiger partial charge in [0.25, 0.3) is 5.91 Å². The molecule has 0 radical (unpaired) electrons. The number of H-pyrrole nitrogens is 2. The van der Waals surface area contributed by atoms with Crippen LogP contribution in [-0.2, 0) is 0 Å². The van der Waals surface area contributed by atoms with E-state index in [1.165, 1.54) is 0 Å². The molecule has 1 amide bonds. The van der Waals surface area contributed by atoms with Gasteiger partial charge in [0, 0.05) is 24.7 Å². The SMILES string of the molecule is O=C(NCCC#Cc1cnc2n[nH]nc2c1)c1nc2c(Cl)cccc2[nH]1. The summed E-state index contributed by atoms with van der Waals surface area (Å²) in [6.45, 7) is 0.399. The molecule has 1 aromatic carbocycles. The van der Waals surface area contributed by atoms with Crippen molar-refractivity contribution in [1.29, 1.82) is 0 Å². The number of pyridine rings is 1. The number of imidazole rings is 1. The lowest BCUT2D eigenvalue weighted by Gasteiger charge is -1.98. The fraction of sp³-hybridized carbons (Fsp3) is 0.118. The molecular weight excluding hydrogens is 354 g/mol. The van der Waals surface area contributed by atoms with Gasteiger partial charge in [-0.25, -0.2) is 9.97 Å². The largest absolute Gasteiger partial charge is 0.348 e. The average Bonchev–Trinajstić information content (AvgIpc) is 3.28. The zero-order valence-corrected chi connectivity index (χ0v) is 14.1. The molecule has 8 nitrogen and oxygen atoms in total. The lowest BCUT2D eigenvalue weighted by molar-refractivity contribution is 0.0945. The Morgan fingerprint density at radius 2 is 2.23 bits per heavy atom. The fourth-order valence-electron chi connectivity index (χ4n) is 2.40. The number of carbonyl (C=O) groups excluding carboxylic acids is 1. The Kier molecular flexibility index (Phi) is 4.21. The number of aromatic nitrogens is 6. The Morgan fingerprint density at radius 3 is 3.12 bits per heavy atom. The summed E-state index contributed by atoms with van der Waals surface area (Å²) in [6, 6.07) is 7.14. The van der Waals surface area contributed by atoms with Crippen LogP contribution in [-0.4, -0.2) is 42.8 Å². The zero-order chi connectivity index (χ0) is 17.9. The molecule has 4 aromatic rings. The maximum atomic E-state index is 12.2. The van der Waals surface area contributed by atoms with Crippen LogP contribution in [0.2, 0.25) is 5.02 Å². The van der Waals surface area contributed by atoms with Crippen molar-refractivity contribution in [3.8, 4) is 11.8 Å². The van der Waals surface area contributed by atoms with Crippen LogP contribution in [0, 0.1) is 11.8 Å². The smallest absolute Gasteiger partial charge is 0.287 e. The number of nitrogens with zero attached hydrogens (tertiary/aromatic N) is 4. The van der Waals surface area contributed by atoms with Crippen molar-refractivity contribution in [1.82, 2.24) is 35.7 Å². The van der Waals surface area contributed by atoms with Crippen molar-refractivity contribution < 1.29 is 4.79 Å². The van der Waals surface area contributed by atoms with Crippen LogP contribution < -0.4 is 5.32 Å². The second-order valence-electron chi connectivity index (χ2n) is 5.42. The van der Waals surface area contributed by atoms with Gasteiger partial charge in [0.05, 0.1) is 10.5 Å². The van der Waals surface area contributed by atoms with Crippen molar-refractivity contribution >= 4 is 39.7 Å². The first-order valence-electron chi connectivity index (χ1n) is 7.78. The topological polar surface area (TPSA) is 112 Å². The molecule has 0 atom stereocenters. The van der Waals surface area contributed by atoms with E-state index in [0.717, 1.165) is 11.1 Å². The van der Waals surface area contributed by atoms with E-state index < -0.39 is 0 Å². The first-order valence-corrected chi connectivity index (χ1v) is 8.16. The standard InChI is InChI=1S/C17H12ClN7O/c18-11-5-3-6-12-14(11)22-16(21-12)17(26)19-7-2-1-4-10-8-13-15(20-9-10)24-25-23-13/h3,5-6,8-9H,2,7H2,(H,19,26)(H,21,22)(H,20,23,24,25). The van der Waals surface area contributed by atoms with E-state index in [0.29, 0.717) is 34.7 Å². The monoisotopic (exact) mass is 365 g/mol. The van der Waals surface area contributed by atoms with Crippen molar-refractivity contribution in [2.45, 2.75) is 6.42 Å². The van der Waals surface area contributed by atoms with E-state index in [9.17, 15) is 4.79 Å². The molecule has 0 aliphatic rings. The van der Waals surface area contributed by atoms with E-state index in [2.05, 4.69) is 47.5 Å². The number of halogens is 1. The number of fused-ring (bicyclic) bond motifs is 2. The van der Waals surface area contributed by atoms with Crippen LogP contribution in [0.5, 0.6) is 0 Å². The molecule has 26 heavy (non-hydrogen) atoms. The van der Waals surface area contributed by atoms with E-state index in [1.54, 1.807) is 24.4 Å². The number of hydrogen-bond donors (Lipinski definition) is 3. The van der Waals surface area contributed by atoms with Crippen LogP contribution in [0.4, 0.5) is 0 Å². The number of hydrogen-bond acceptors (Lipinski definition) is 5. The van der Waals surface area contributed by atoms with Gasteiger partial charge in [-0.2, -0.15) is 10.3 Å². The number of para-hydroxylation sites is 1. The van der Waals surface area contributed by atoms with Crippen molar-refractivity contribution in [2.24, 2.45) is 0 Å². The minimum absolute atomic E-state index is 0.224. The second-order valence-corrected chi connectivity index (χ2v) is 5.83. The maximum Gasteiger partial charge on any atom is 0.287 e. The van der Waals surface area contributed by atoms with Crippen LogP contribution in [0.15, 0.2) is 30.5 Å². The molecule has 0 fully saturated rings. The lowest BCUT2D eigenvalue weighted by Crippen LogP contribution is -2.25. The summed E-state index contributed by atoms with van der Waals surface area (Å²) in [5.74, 6) is 5.89. The van der Waals surface area contributed by atoms with E-state index in [1.807, 2.05) is 6.07 Å². The van der Waals surface area contributed by atoms with Gasteiger partial charge < -0.3 is 10.3 Å². The number of aromatic amines is 2. The summed E-state index contributed by atoms with van der Waals surface area (Å²) >= 11 is 6.06. The summed E-state index contributed by atoms with van der Waals surface area (Å²) in [5.41, 5.74) is 3.25. The summed E-state index contributed by atoms with van der Waals surface area (Å²) in [4.78, 5) is 23.5. The summed E-state index contributed by atoms with van der Waals surface area (Å²) < 4.78 is 0. The predicted molar refractivity (Wildman–Crippen MR) is 96.6 cm³/mol. The summed E-state index contributed by atoms with van der Waals surface area (Å²) in [5, 5.41) is 13.6. The molecule has 4 rings (SSSR count). The fourth-order valence-corrected chi connectivity index (χ4v) is 2.62. The molecular formula is C17H12ClN7O. The highest BCUT2D eigenvalue weighted by molar-refractivity contribution is 6.35. The summed E-state index contributed by atoms with van der Waals surface area (Å²) in [7, 11) is 0. The number of nitrogens with one attached hydrogen (secondary N) is 3. The van der Waals surface area contributed by atoms with Gasteiger partial charge in [0.2, 0.25) is 5.65 Å². The van der Waals surface area contributed by atoms with Crippen LogP contribution in [0.1, 0.15) is 22.6 Å². The highest BCUT2D eigenvalue weighted by atomic mass is 35.5. The van der Waals surface area contributed by atoms with Crippen LogP contribution in [0.25, 0.3) is 22.2 Å². The van der Waals surface area contributed by atoms with E-state index in [-0.39, 0.29) is 11.7 Å². The predicted octanol–water partition coefficient (Wildman–Crippen LogP) is 2.05. The summed E-state index contributed by atoms with van der Waals surface area (Å²) in [6.07, 6.45) is 2.12. The Morgan fingerprint density at radius 1 is 1.31 bits per heavy atom. The highest BCUT2D eigenvalue weighted by Gasteiger charge is 2.12. The molecule has 3 heterocycles. The zero-order valence-electron chi connectivity index (χ0n) is 13.4. The van der Waals surface area contributed by atoms with Crippen LogP contribution >= 0.6 is 11.6 Å². The molecule has 0 bridgehead atoms. The quantitative estimate of drug-likeness (QED) is 0.380. The Hall–Kier alpha value is -3.44. The second kappa shape index (κ2) is 6.82. The number of rotatable bonds is 3. The molecule has 0 saturated carbocycles. The van der Waals surface area contributed by atoms with Gasteiger partial charge in [-0.3, -0.25) is 4.79 Å². The van der Waals surface area contributed by atoms with Gasteiger partial charge >= 0.3 is 0 Å². The molecule has 0 aliphatic heterocycles. The third kappa shape index (κ3) is 3.20. The molecule has 9 heteroatoms. The molecule has 0 spiro atoms. The van der Waals surface area contributed by atoms with Gasteiger partial charge in [-0.05, 0) is 18.2 Å². The van der Waals surface area contributed by atoms with E-state index >= 15 is 0 Å². The molecule has 0 saturated heterocycles. The van der Waals surface area contributed by atoms with Crippen molar-refractivity contribution in [3.05, 3.63) is 46.9 Å². The lowest BCUT2D eigenvalue weighted by atomic mass is 10.2.